The molecule has 8 heteroatoms. The topological polar surface area (TPSA) is 64.4 Å². The summed E-state index contributed by atoms with van der Waals surface area (Å²) in [6.45, 7) is 3.34. The standard InChI is InChI=1S/C35H35Cl2N3O2S/c1-39(35(41)31-13-11-26(22-38)28-7-3-4-9-30(28)31)23-27(25-12-14-32(36)33(37)21-25)17-20-40-18-15-24(16-19-40)29-8-5-6-10-34(29)43(2)42/h3-14,21,24,27H,15-20,23H2,1-2H3/t27?,43-/m0/s1. The molecule has 0 saturated carbocycles. The van der Waals surface area contributed by atoms with E-state index in [0.29, 0.717) is 33.6 Å². The van der Waals surface area contributed by atoms with Crippen LogP contribution in [0.15, 0.2) is 83.8 Å². The van der Waals surface area contributed by atoms with E-state index >= 15 is 0 Å². The predicted octanol–water partition coefficient (Wildman–Crippen LogP) is 7.88. The summed E-state index contributed by atoms with van der Waals surface area (Å²) in [6, 6.07) is 27.1. The third kappa shape index (κ3) is 7.13. The van der Waals surface area contributed by atoms with E-state index in [-0.39, 0.29) is 11.8 Å². The molecule has 5 nitrogen and oxygen atoms in total. The zero-order valence-electron chi connectivity index (χ0n) is 24.4. The first-order valence-corrected chi connectivity index (χ1v) is 16.8. The second-order valence-corrected chi connectivity index (χ2v) is 13.4. The van der Waals surface area contributed by atoms with Gasteiger partial charge in [-0.15, -0.1) is 0 Å². The van der Waals surface area contributed by atoms with Crippen LogP contribution in [0.25, 0.3) is 10.8 Å². The van der Waals surface area contributed by atoms with Crippen molar-refractivity contribution in [3.05, 3.63) is 111 Å². The Bertz CT molecular complexity index is 1690. The molecule has 1 heterocycles. The van der Waals surface area contributed by atoms with Gasteiger partial charge in [-0.2, -0.15) is 5.26 Å². The Hall–Kier alpha value is -3.21. The number of carbonyl (C=O) groups excluding carboxylic acids is 1. The van der Waals surface area contributed by atoms with Crippen LogP contribution in [0.2, 0.25) is 10.0 Å². The second kappa shape index (κ2) is 14.1. The number of likely N-dealkylation sites (tertiary alicyclic amines) is 1. The highest BCUT2D eigenvalue weighted by Crippen LogP contribution is 2.33. The van der Waals surface area contributed by atoms with Crippen LogP contribution in [0.5, 0.6) is 0 Å². The number of amides is 1. The van der Waals surface area contributed by atoms with E-state index in [1.54, 1.807) is 23.3 Å². The van der Waals surface area contributed by atoms with Gasteiger partial charge in [-0.05, 0) is 91.7 Å². The summed E-state index contributed by atoms with van der Waals surface area (Å²) in [5, 5.41) is 12.1. The molecule has 0 radical (unpaired) electrons. The van der Waals surface area contributed by atoms with Crippen molar-refractivity contribution in [1.29, 1.82) is 5.26 Å². The zero-order chi connectivity index (χ0) is 30.5. The molecule has 4 aromatic carbocycles. The summed E-state index contributed by atoms with van der Waals surface area (Å²) in [7, 11) is 0.835. The minimum atomic E-state index is -0.999. The van der Waals surface area contributed by atoms with E-state index in [1.807, 2.05) is 67.7 Å². The smallest absolute Gasteiger partial charge is 0.254 e. The molecule has 0 aromatic heterocycles. The summed E-state index contributed by atoms with van der Waals surface area (Å²) in [4.78, 5) is 19.0. The van der Waals surface area contributed by atoms with Crippen molar-refractivity contribution in [3.8, 4) is 6.07 Å². The van der Waals surface area contributed by atoms with Gasteiger partial charge in [0.05, 0.1) is 32.5 Å². The Kier molecular flexibility index (Phi) is 10.2. The molecule has 5 rings (SSSR count). The lowest BCUT2D eigenvalue weighted by atomic mass is 9.88. The number of fused-ring (bicyclic) bond motifs is 1. The lowest BCUT2D eigenvalue weighted by Crippen LogP contribution is -2.36. The number of likely N-dealkylation sites (N-methyl/N-ethyl adjacent to an activating group) is 1. The fourth-order valence-electron chi connectivity index (χ4n) is 6.22. The molecule has 1 fully saturated rings. The molecule has 1 saturated heterocycles. The molecule has 4 aromatic rings. The van der Waals surface area contributed by atoms with Crippen molar-refractivity contribution in [2.24, 2.45) is 0 Å². The van der Waals surface area contributed by atoms with Crippen LogP contribution in [0, 0.1) is 11.3 Å². The lowest BCUT2D eigenvalue weighted by molar-refractivity contribution is 0.0783. The van der Waals surface area contributed by atoms with E-state index in [2.05, 4.69) is 17.0 Å². The first-order valence-electron chi connectivity index (χ1n) is 14.5. The Morgan fingerprint density at radius 2 is 1.70 bits per heavy atom. The average molecular weight is 633 g/mol. The predicted molar refractivity (Wildman–Crippen MR) is 177 cm³/mol. The van der Waals surface area contributed by atoms with Crippen LogP contribution in [-0.4, -0.2) is 59.4 Å². The number of carbonyl (C=O) groups is 1. The van der Waals surface area contributed by atoms with E-state index < -0.39 is 10.8 Å². The Labute approximate surface area is 266 Å². The van der Waals surface area contributed by atoms with Gasteiger partial charge in [0.1, 0.15) is 0 Å². The molecule has 1 aliphatic rings. The van der Waals surface area contributed by atoms with Gasteiger partial charge in [-0.25, -0.2) is 0 Å². The van der Waals surface area contributed by atoms with Crippen LogP contribution >= 0.6 is 23.2 Å². The molecule has 2 atom stereocenters. The fraction of sp³-hybridized carbons (Fsp3) is 0.314. The molecule has 0 spiro atoms. The highest BCUT2D eigenvalue weighted by Gasteiger charge is 2.26. The van der Waals surface area contributed by atoms with Gasteiger partial charge in [0.2, 0.25) is 0 Å². The lowest BCUT2D eigenvalue weighted by Gasteiger charge is -2.34. The summed E-state index contributed by atoms with van der Waals surface area (Å²) in [5.74, 6) is 0.376. The first-order chi connectivity index (χ1) is 20.8. The van der Waals surface area contributed by atoms with Crippen LogP contribution in [0.4, 0.5) is 0 Å². The second-order valence-electron chi connectivity index (χ2n) is 11.3. The molecular formula is C35H35Cl2N3O2S. The van der Waals surface area contributed by atoms with Gasteiger partial charge < -0.3 is 9.80 Å². The van der Waals surface area contributed by atoms with E-state index in [0.717, 1.165) is 60.1 Å². The van der Waals surface area contributed by atoms with Crippen molar-refractivity contribution in [3.63, 3.8) is 0 Å². The summed E-state index contributed by atoms with van der Waals surface area (Å²) >= 11 is 12.7. The molecule has 0 N–H and O–H groups in total. The van der Waals surface area contributed by atoms with Crippen molar-refractivity contribution in [2.45, 2.75) is 36.0 Å². The fourth-order valence-corrected chi connectivity index (χ4v) is 7.36. The normalized spacial score (nSPS) is 15.6. The Balaban J connectivity index is 1.30. The molecule has 1 unspecified atom stereocenters. The molecular weight excluding hydrogens is 597 g/mol. The van der Waals surface area contributed by atoms with Crippen LogP contribution in [-0.2, 0) is 10.8 Å². The highest BCUT2D eigenvalue weighted by atomic mass is 35.5. The molecule has 43 heavy (non-hydrogen) atoms. The Morgan fingerprint density at radius 3 is 2.40 bits per heavy atom. The maximum atomic E-state index is 13.8. The van der Waals surface area contributed by atoms with Gasteiger partial charge in [0.15, 0.2) is 0 Å². The quantitative estimate of drug-likeness (QED) is 0.188. The van der Waals surface area contributed by atoms with E-state index in [4.69, 9.17) is 23.2 Å². The van der Waals surface area contributed by atoms with Gasteiger partial charge in [0.25, 0.3) is 5.91 Å². The summed E-state index contributed by atoms with van der Waals surface area (Å²) in [6.07, 6.45) is 4.65. The van der Waals surface area contributed by atoms with Gasteiger partial charge in [-0.3, -0.25) is 9.00 Å². The van der Waals surface area contributed by atoms with Gasteiger partial charge in [0, 0.05) is 41.6 Å². The maximum Gasteiger partial charge on any atom is 0.254 e. The average Bonchev–Trinajstić information content (AvgIpc) is 3.03. The van der Waals surface area contributed by atoms with Crippen molar-refractivity contribution >= 4 is 50.7 Å². The third-order valence-electron chi connectivity index (χ3n) is 8.58. The molecule has 1 amide bonds. The molecule has 222 valence electrons. The SMILES string of the molecule is CN(CC(CCN1CCC(c2ccccc2[S@](C)=O)CC1)c1ccc(Cl)c(Cl)c1)C(=O)c1ccc(C#N)c2ccccc12. The van der Waals surface area contributed by atoms with Crippen LogP contribution in [0.1, 0.15) is 58.1 Å². The minimum Gasteiger partial charge on any atom is -0.341 e. The molecule has 0 aliphatic carbocycles. The third-order valence-corrected chi connectivity index (χ3v) is 10.3. The monoisotopic (exact) mass is 631 g/mol. The zero-order valence-corrected chi connectivity index (χ0v) is 26.8. The number of hydrogen-bond acceptors (Lipinski definition) is 4. The number of nitriles is 1. The number of nitrogens with zero attached hydrogens (tertiary/aromatic N) is 3. The highest BCUT2D eigenvalue weighted by molar-refractivity contribution is 7.84. The summed E-state index contributed by atoms with van der Waals surface area (Å²) in [5.41, 5.74) is 3.40. The van der Waals surface area contributed by atoms with Gasteiger partial charge in [-0.1, -0.05) is 71.7 Å². The van der Waals surface area contributed by atoms with Crippen molar-refractivity contribution in [2.75, 3.05) is 39.5 Å². The number of halogens is 2. The first kappa shape index (κ1) is 31.2. The number of rotatable bonds is 9. The number of benzene rings is 4. The number of piperidine rings is 1. The van der Waals surface area contributed by atoms with Crippen molar-refractivity contribution < 1.29 is 9.00 Å². The van der Waals surface area contributed by atoms with E-state index in [1.165, 1.54) is 5.56 Å². The summed E-state index contributed by atoms with van der Waals surface area (Å²) < 4.78 is 12.3. The molecule has 1 aliphatic heterocycles. The number of hydrogen-bond donors (Lipinski definition) is 0. The van der Waals surface area contributed by atoms with E-state index in [9.17, 15) is 14.3 Å². The molecule has 0 bridgehead atoms. The maximum absolute atomic E-state index is 13.8. The minimum absolute atomic E-state index is 0.0503. The largest absolute Gasteiger partial charge is 0.341 e. The Morgan fingerprint density at radius 1 is 1.00 bits per heavy atom. The van der Waals surface area contributed by atoms with Crippen molar-refractivity contribution in [1.82, 2.24) is 9.80 Å². The van der Waals surface area contributed by atoms with Crippen LogP contribution < -0.4 is 0 Å². The van der Waals surface area contributed by atoms with Crippen LogP contribution in [0.3, 0.4) is 0 Å². The van der Waals surface area contributed by atoms with Gasteiger partial charge >= 0.3 is 0 Å².